The third kappa shape index (κ3) is 2.75. The average molecular weight is 319 g/mol. The van der Waals surface area contributed by atoms with E-state index in [-0.39, 0.29) is 17.2 Å². The number of halogens is 2. The first-order chi connectivity index (χ1) is 8.11. The van der Waals surface area contributed by atoms with Gasteiger partial charge in [0.2, 0.25) is 0 Å². The summed E-state index contributed by atoms with van der Waals surface area (Å²) in [6, 6.07) is 4.53. The molecule has 0 radical (unpaired) electrons. The van der Waals surface area contributed by atoms with Crippen LogP contribution in [-0.4, -0.2) is 34.3 Å². The SMILES string of the molecule is O=C(c1cc(Cl)ccc1O)N1CCC(CBr)C1. The van der Waals surface area contributed by atoms with E-state index in [1.807, 2.05) is 0 Å². The van der Waals surface area contributed by atoms with Crippen LogP contribution in [0, 0.1) is 5.92 Å². The number of alkyl halides is 1. The van der Waals surface area contributed by atoms with Crippen molar-refractivity contribution in [1.82, 2.24) is 4.90 Å². The number of carbonyl (C=O) groups is 1. The Morgan fingerprint density at radius 1 is 1.59 bits per heavy atom. The molecule has 0 bridgehead atoms. The van der Waals surface area contributed by atoms with Crippen molar-refractivity contribution in [1.29, 1.82) is 0 Å². The maximum absolute atomic E-state index is 12.2. The minimum Gasteiger partial charge on any atom is -0.507 e. The minimum absolute atomic E-state index is 0.0123. The molecule has 1 aromatic carbocycles. The fourth-order valence-electron chi connectivity index (χ4n) is 1.99. The maximum atomic E-state index is 12.2. The van der Waals surface area contributed by atoms with Crippen molar-refractivity contribution in [3.05, 3.63) is 28.8 Å². The summed E-state index contributed by atoms with van der Waals surface area (Å²) >= 11 is 9.26. The third-order valence-electron chi connectivity index (χ3n) is 2.98. The molecule has 0 aliphatic carbocycles. The van der Waals surface area contributed by atoms with Gasteiger partial charge in [0.05, 0.1) is 5.56 Å². The molecule has 1 aliphatic rings. The smallest absolute Gasteiger partial charge is 0.257 e. The summed E-state index contributed by atoms with van der Waals surface area (Å²) in [5, 5.41) is 11.0. The van der Waals surface area contributed by atoms with Crippen molar-refractivity contribution in [2.45, 2.75) is 6.42 Å². The fraction of sp³-hybridized carbons (Fsp3) is 0.417. The van der Waals surface area contributed by atoms with Gasteiger partial charge in [0.15, 0.2) is 0 Å². The van der Waals surface area contributed by atoms with E-state index in [1.165, 1.54) is 12.1 Å². The topological polar surface area (TPSA) is 40.5 Å². The quantitative estimate of drug-likeness (QED) is 0.852. The lowest BCUT2D eigenvalue weighted by atomic mass is 10.1. The van der Waals surface area contributed by atoms with Crippen LogP contribution in [0.4, 0.5) is 0 Å². The first kappa shape index (κ1) is 12.7. The van der Waals surface area contributed by atoms with Crippen LogP contribution in [0.15, 0.2) is 18.2 Å². The van der Waals surface area contributed by atoms with Gasteiger partial charge >= 0.3 is 0 Å². The summed E-state index contributed by atoms with van der Waals surface area (Å²) < 4.78 is 0. The normalized spacial score (nSPS) is 19.6. The van der Waals surface area contributed by atoms with Gasteiger partial charge in [-0.15, -0.1) is 0 Å². The standard InChI is InChI=1S/C12H13BrClNO2/c13-6-8-3-4-15(7-8)12(17)10-5-9(14)1-2-11(10)16/h1-2,5,8,16H,3-4,6-7H2. The third-order valence-corrected chi connectivity index (χ3v) is 4.13. The Bertz CT molecular complexity index is 439. The van der Waals surface area contributed by atoms with Crippen LogP contribution in [-0.2, 0) is 0 Å². The number of hydrogen-bond donors (Lipinski definition) is 1. The first-order valence-electron chi connectivity index (χ1n) is 5.45. The molecule has 92 valence electrons. The molecule has 1 unspecified atom stereocenters. The van der Waals surface area contributed by atoms with E-state index in [9.17, 15) is 9.90 Å². The molecule has 0 aromatic heterocycles. The lowest BCUT2D eigenvalue weighted by molar-refractivity contribution is 0.0785. The first-order valence-corrected chi connectivity index (χ1v) is 6.95. The molecule has 0 saturated carbocycles. The molecule has 1 N–H and O–H groups in total. The van der Waals surface area contributed by atoms with Crippen molar-refractivity contribution in [3.8, 4) is 5.75 Å². The number of rotatable bonds is 2. The van der Waals surface area contributed by atoms with Gasteiger partial charge in [-0.05, 0) is 30.5 Å². The number of hydrogen-bond acceptors (Lipinski definition) is 2. The van der Waals surface area contributed by atoms with Crippen molar-refractivity contribution >= 4 is 33.4 Å². The molecule has 17 heavy (non-hydrogen) atoms. The Balaban J connectivity index is 2.17. The van der Waals surface area contributed by atoms with Crippen LogP contribution in [0.3, 0.4) is 0 Å². The van der Waals surface area contributed by atoms with Gasteiger partial charge in [-0.2, -0.15) is 0 Å². The summed E-state index contributed by atoms with van der Waals surface area (Å²) in [6.45, 7) is 1.47. The number of carbonyl (C=O) groups excluding carboxylic acids is 1. The van der Waals surface area contributed by atoms with Gasteiger partial charge in [-0.25, -0.2) is 0 Å². The zero-order valence-electron chi connectivity index (χ0n) is 9.20. The van der Waals surface area contributed by atoms with Crippen LogP contribution < -0.4 is 0 Å². The number of nitrogens with zero attached hydrogens (tertiary/aromatic N) is 1. The van der Waals surface area contributed by atoms with Crippen LogP contribution in [0.2, 0.25) is 5.02 Å². The molecule has 5 heteroatoms. The molecule has 1 atom stereocenters. The molecule has 1 aliphatic heterocycles. The Morgan fingerprint density at radius 2 is 2.35 bits per heavy atom. The molecule has 1 aromatic rings. The highest BCUT2D eigenvalue weighted by Crippen LogP contribution is 2.26. The molecule has 2 rings (SSSR count). The van der Waals surface area contributed by atoms with Crippen LogP contribution in [0.25, 0.3) is 0 Å². The van der Waals surface area contributed by atoms with Crippen molar-refractivity contribution in [2.24, 2.45) is 5.92 Å². The van der Waals surface area contributed by atoms with Crippen molar-refractivity contribution in [3.63, 3.8) is 0 Å². The molecule has 1 heterocycles. The van der Waals surface area contributed by atoms with E-state index >= 15 is 0 Å². The van der Waals surface area contributed by atoms with Gasteiger partial charge < -0.3 is 10.0 Å². The molecular formula is C12H13BrClNO2. The number of amides is 1. The van der Waals surface area contributed by atoms with E-state index in [0.29, 0.717) is 10.9 Å². The van der Waals surface area contributed by atoms with Crippen LogP contribution in [0.5, 0.6) is 5.75 Å². The average Bonchev–Trinajstić information content (AvgIpc) is 2.80. The second-order valence-corrected chi connectivity index (χ2v) is 5.31. The molecule has 1 saturated heterocycles. The predicted molar refractivity (Wildman–Crippen MR) is 70.9 cm³/mol. The highest BCUT2D eigenvalue weighted by Gasteiger charge is 2.27. The fourth-order valence-corrected chi connectivity index (χ4v) is 2.69. The highest BCUT2D eigenvalue weighted by atomic mass is 79.9. The lowest BCUT2D eigenvalue weighted by Gasteiger charge is -2.17. The van der Waals surface area contributed by atoms with Gasteiger partial charge in [-0.3, -0.25) is 4.79 Å². The van der Waals surface area contributed by atoms with E-state index in [0.717, 1.165) is 24.8 Å². The Kier molecular flexibility index (Phi) is 3.94. The lowest BCUT2D eigenvalue weighted by Crippen LogP contribution is -2.28. The summed E-state index contributed by atoms with van der Waals surface area (Å²) in [5.41, 5.74) is 0.285. The van der Waals surface area contributed by atoms with E-state index in [2.05, 4.69) is 15.9 Å². The Morgan fingerprint density at radius 3 is 3.00 bits per heavy atom. The second kappa shape index (κ2) is 5.27. The maximum Gasteiger partial charge on any atom is 0.257 e. The molecular weight excluding hydrogens is 305 g/mol. The Hall–Kier alpha value is -0.740. The number of likely N-dealkylation sites (tertiary alicyclic amines) is 1. The summed E-state index contributed by atoms with van der Waals surface area (Å²) in [5.74, 6) is 0.343. The number of phenolic OH excluding ortho intramolecular Hbond substituents is 1. The summed E-state index contributed by atoms with van der Waals surface area (Å²) in [7, 11) is 0. The van der Waals surface area contributed by atoms with E-state index in [1.54, 1.807) is 11.0 Å². The predicted octanol–water partition coefficient (Wildman–Crippen LogP) is 2.90. The number of aromatic hydroxyl groups is 1. The van der Waals surface area contributed by atoms with Crippen molar-refractivity contribution < 1.29 is 9.90 Å². The van der Waals surface area contributed by atoms with Gasteiger partial charge in [0, 0.05) is 23.4 Å². The second-order valence-electron chi connectivity index (χ2n) is 4.22. The van der Waals surface area contributed by atoms with Gasteiger partial charge in [0.1, 0.15) is 5.75 Å². The Labute approximate surface area is 114 Å². The van der Waals surface area contributed by atoms with Gasteiger partial charge in [-0.1, -0.05) is 27.5 Å². The largest absolute Gasteiger partial charge is 0.507 e. The van der Waals surface area contributed by atoms with E-state index in [4.69, 9.17) is 11.6 Å². The van der Waals surface area contributed by atoms with Crippen LogP contribution in [0.1, 0.15) is 16.8 Å². The van der Waals surface area contributed by atoms with Crippen LogP contribution >= 0.6 is 27.5 Å². The monoisotopic (exact) mass is 317 g/mol. The zero-order chi connectivity index (χ0) is 12.4. The van der Waals surface area contributed by atoms with Gasteiger partial charge in [0.25, 0.3) is 5.91 Å². The molecule has 3 nitrogen and oxygen atoms in total. The minimum atomic E-state index is -0.145. The number of phenols is 1. The molecule has 1 amide bonds. The number of benzene rings is 1. The zero-order valence-corrected chi connectivity index (χ0v) is 11.5. The van der Waals surface area contributed by atoms with E-state index < -0.39 is 0 Å². The summed E-state index contributed by atoms with van der Waals surface area (Å²) in [4.78, 5) is 13.9. The summed E-state index contributed by atoms with van der Waals surface area (Å²) in [6.07, 6.45) is 0.998. The molecule has 0 spiro atoms. The molecule has 1 fully saturated rings. The van der Waals surface area contributed by atoms with Crippen molar-refractivity contribution in [2.75, 3.05) is 18.4 Å². The highest BCUT2D eigenvalue weighted by molar-refractivity contribution is 9.09.